The molecule has 2 heterocycles. The average Bonchev–Trinajstić information content (AvgIpc) is 3.43. The van der Waals surface area contributed by atoms with E-state index in [1.165, 1.54) is 12.0 Å². The van der Waals surface area contributed by atoms with Crippen molar-refractivity contribution in [2.45, 2.75) is 32.0 Å². The number of ketones is 1. The highest BCUT2D eigenvalue weighted by Crippen LogP contribution is 2.42. The number of methoxy groups -OCH3 is 3. The minimum absolute atomic E-state index is 0.0348. The molecule has 0 bridgehead atoms. The molecule has 0 radical (unpaired) electrons. The Morgan fingerprint density at radius 2 is 1.68 bits per heavy atom. The van der Waals surface area contributed by atoms with Crippen molar-refractivity contribution < 1.29 is 33.6 Å². The molecule has 1 saturated heterocycles. The number of Topliss-reactive ketones (excluding diaryl/α,β-unsaturated/α-hetero) is 1. The van der Waals surface area contributed by atoms with Crippen LogP contribution in [-0.4, -0.2) is 49.1 Å². The van der Waals surface area contributed by atoms with Crippen molar-refractivity contribution in [2.24, 2.45) is 0 Å². The van der Waals surface area contributed by atoms with E-state index in [-0.39, 0.29) is 24.0 Å². The number of nitrogens with zero attached hydrogens (tertiary/aromatic N) is 1. The lowest BCUT2D eigenvalue weighted by molar-refractivity contribution is -0.140. The van der Waals surface area contributed by atoms with E-state index < -0.39 is 17.7 Å². The maximum atomic E-state index is 13.4. The molecule has 0 saturated carbocycles. The summed E-state index contributed by atoms with van der Waals surface area (Å²) in [4.78, 5) is 28.3. The standard InChI is InChI=1S/C30H29NO7/c1-17-13-21-15-20(8-12-23(21)38-17)28(32)26-27(19-6-9-22(35-2)10-7-19)31(30(34)29(26)33)16-18-5-11-24(36-3)25(14-18)37-4/h5-12,14-15,17,27,32H,13,16H2,1-4H3/b28-26-. The molecule has 2 aliphatic heterocycles. The topological polar surface area (TPSA) is 94.5 Å². The van der Waals surface area contributed by atoms with Crippen LogP contribution in [0.25, 0.3) is 5.76 Å². The van der Waals surface area contributed by atoms with Gasteiger partial charge >= 0.3 is 0 Å². The normalized spacial score (nSPS) is 19.7. The number of carbonyl (C=O) groups is 2. The fraction of sp³-hybridized carbons (Fsp3) is 0.267. The third-order valence-electron chi connectivity index (χ3n) is 6.94. The first kappa shape index (κ1) is 25.2. The number of benzene rings is 3. The Morgan fingerprint density at radius 3 is 2.37 bits per heavy atom. The molecule has 2 unspecified atom stereocenters. The summed E-state index contributed by atoms with van der Waals surface area (Å²) in [6.07, 6.45) is 0.736. The first-order valence-electron chi connectivity index (χ1n) is 12.3. The highest BCUT2D eigenvalue weighted by molar-refractivity contribution is 6.46. The lowest BCUT2D eigenvalue weighted by Gasteiger charge is -2.26. The molecule has 8 heteroatoms. The molecule has 3 aromatic rings. The monoisotopic (exact) mass is 515 g/mol. The van der Waals surface area contributed by atoms with Gasteiger partial charge in [0, 0.05) is 18.5 Å². The summed E-state index contributed by atoms with van der Waals surface area (Å²) >= 11 is 0. The van der Waals surface area contributed by atoms with E-state index in [2.05, 4.69) is 0 Å². The van der Waals surface area contributed by atoms with Crippen molar-refractivity contribution in [2.75, 3.05) is 21.3 Å². The largest absolute Gasteiger partial charge is 0.507 e. The number of aliphatic hydroxyl groups excluding tert-OH is 1. The van der Waals surface area contributed by atoms with Crippen LogP contribution < -0.4 is 18.9 Å². The summed E-state index contributed by atoms with van der Waals surface area (Å²) in [5.41, 5.74) is 2.86. The smallest absolute Gasteiger partial charge is 0.295 e. The summed E-state index contributed by atoms with van der Waals surface area (Å²) < 4.78 is 21.8. The number of rotatable bonds is 7. The lowest BCUT2D eigenvalue weighted by Crippen LogP contribution is -2.29. The number of likely N-dealkylation sites (tertiary alicyclic amines) is 1. The molecule has 1 N–H and O–H groups in total. The van der Waals surface area contributed by atoms with E-state index in [1.54, 1.807) is 62.8 Å². The van der Waals surface area contributed by atoms with Gasteiger partial charge in [-0.25, -0.2) is 0 Å². The van der Waals surface area contributed by atoms with E-state index >= 15 is 0 Å². The fourth-order valence-electron chi connectivity index (χ4n) is 5.08. The first-order chi connectivity index (χ1) is 18.3. The third kappa shape index (κ3) is 4.42. The van der Waals surface area contributed by atoms with Crippen LogP contribution in [0.3, 0.4) is 0 Å². The van der Waals surface area contributed by atoms with Gasteiger partial charge in [-0.15, -0.1) is 0 Å². The Bertz CT molecular complexity index is 1430. The zero-order valence-corrected chi connectivity index (χ0v) is 21.7. The van der Waals surface area contributed by atoms with Crippen LogP contribution in [0.2, 0.25) is 0 Å². The van der Waals surface area contributed by atoms with Crippen molar-refractivity contribution in [1.82, 2.24) is 4.90 Å². The molecule has 1 amide bonds. The Kier molecular flexibility index (Phi) is 6.72. The summed E-state index contributed by atoms with van der Waals surface area (Å²) in [6, 6.07) is 17.0. The minimum atomic E-state index is -0.808. The average molecular weight is 516 g/mol. The van der Waals surface area contributed by atoms with Crippen LogP contribution in [0.1, 0.15) is 35.2 Å². The molecule has 1 fully saturated rings. The number of hydrogen-bond acceptors (Lipinski definition) is 7. The molecular weight excluding hydrogens is 486 g/mol. The molecule has 0 aromatic heterocycles. The highest BCUT2D eigenvalue weighted by Gasteiger charge is 2.46. The third-order valence-corrected chi connectivity index (χ3v) is 6.94. The van der Waals surface area contributed by atoms with Gasteiger partial charge in [-0.3, -0.25) is 9.59 Å². The summed E-state index contributed by atoms with van der Waals surface area (Å²) in [7, 11) is 4.65. The molecule has 8 nitrogen and oxygen atoms in total. The molecule has 3 aromatic carbocycles. The number of aliphatic hydroxyl groups is 1. The van der Waals surface area contributed by atoms with E-state index in [9.17, 15) is 14.7 Å². The number of amides is 1. The van der Waals surface area contributed by atoms with Crippen LogP contribution in [0, 0.1) is 0 Å². The zero-order chi connectivity index (χ0) is 27.0. The van der Waals surface area contributed by atoms with Crippen molar-refractivity contribution in [3.05, 3.63) is 88.5 Å². The maximum absolute atomic E-state index is 13.4. The maximum Gasteiger partial charge on any atom is 0.295 e. The SMILES string of the molecule is COc1ccc(C2/C(=C(/O)c3ccc4c(c3)CC(C)O4)C(=O)C(=O)N2Cc2ccc(OC)c(OC)c2)cc1. The van der Waals surface area contributed by atoms with Crippen molar-refractivity contribution >= 4 is 17.4 Å². The van der Waals surface area contributed by atoms with Gasteiger partial charge in [0.25, 0.3) is 11.7 Å². The lowest BCUT2D eigenvalue weighted by atomic mass is 9.94. The van der Waals surface area contributed by atoms with Crippen LogP contribution in [-0.2, 0) is 22.6 Å². The van der Waals surface area contributed by atoms with E-state index in [0.717, 1.165) is 16.9 Å². The molecule has 2 aliphatic rings. The molecule has 0 spiro atoms. The number of carbonyl (C=O) groups excluding carboxylic acids is 2. The van der Waals surface area contributed by atoms with Crippen LogP contribution in [0.4, 0.5) is 0 Å². The Labute approximate surface area is 221 Å². The molecule has 5 rings (SSSR count). The van der Waals surface area contributed by atoms with Gasteiger partial charge in [0.05, 0.1) is 32.9 Å². The summed E-state index contributed by atoms with van der Waals surface area (Å²) in [6.45, 7) is 2.09. The molecule has 38 heavy (non-hydrogen) atoms. The minimum Gasteiger partial charge on any atom is -0.507 e. The second kappa shape index (κ2) is 10.1. The van der Waals surface area contributed by atoms with Gasteiger partial charge in [-0.1, -0.05) is 18.2 Å². The van der Waals surface area contributed by atoms with Crippen molar-refractivity contribution in [3.63, 3.8) is 0 Å². The predicted octanol–water partition coefficient (Wildman–Crippen LogP) is 4.66. The summed E-state index contributed by atoms with van der Waals surface area (Å²) in [5.74, 6) is 0.806. The van der Waals surface area contributed by atoms with Gasteiger partial charge in [-0.2, -0.15) is 0 Å². The van der Waals surface area contributed by atoms with Crippen LogP contribution in [0.5, 0.6) is 23.0 Å². The number of ether oxygens (including phenoxy) is 4. The second-order valence-corrected chi connectivity index (χ2v) is 9.34. The van der Waals surface area contributed by atoms with E-state index in [4.69, 9.17) is 18.9 Å². The Hall–Kier alpha value is -4.46. The highest BCUT2D eigenvalue weighted by atomic mass is 16.5. The quantitative estimate of drug-likeness (QED) is 0.278. The molecule has 196 valence electrons. The first-order valence-corrected chi connectivity index (χ1v) is 12.3. The van der Waals surface area contributed by atoms with E-state index in [0.29, 0.717) is 34.8 Å². The van der Waals surface area contributed by atoms with Crippen LogP contribution >= 0.6 is 0 Å². The van der Waals surface area contributed by atoms with Gasteiger partial charge in [-0.05, 0) is 66.1 Å². The van der Waals surface area contributed by atoms with Gasteiger partial charge in [0.1, 0.15) is 23.4 Å². The Balaban J connectivity index is 1.60. The van der Waals surface area contributed by atoms with Gasteiger partial charge in [0.2, 0.25) is 0 Å². The molecular formula is C30H29NO7. The van der Waals surface area contributed by atoms with Crippen molar-refractivity contribution in [1.29, 1.82) is 0 Å². The van der Waals surface area contributed by atoms with Crippen molar-refractivity contribution in [3.8, 4) is 23.0 Å². The fourth-order valence-corrected chi connectivity index (χ4v) is 5.08. The second-order valence-electron chi connectivity index (χ2n) is 9.34. The van der Waals surface area contributed by atoms with E-state index in [1.807, 2.05) is 19.1 Å². The Morgan fingerprint density at radius 1 is 0.947 bits per heavy atom. The van der Waals surface area contributed by atoms with Gasteiger partial charge in [0.15, 0.2) is 11.5 Å². The number of hydrogen-bond donors (Lipinski definition) is 1. The molecule has 2 atom stereocenters. The summed E-state index contributed by atoms with van der Waals surface area (Å²) in [5, 5.41) is 11.5. The predicted molar refractivity (Wildman–Crippen MR) is 141 cm³/mol. The van der Waals surface area contributed by atoms with Crippen LogP contribution in [0.15, 0.2) is 66.2 Å². The molecule has 0 aliphatic carbocycles. The van der Waals surface area contributed by atoms with Gasteiger partial charge < -0.3 is 29.0 Å². The number of fused-ring (bicyclic) bond motifs is 1. The zero-order valence-electron chi connectivity index (χ0n) is 21.7.